The van der Waals surface area contributed by atoms with Crippen molar-refractivity contribution in [3.05, 3.63) is 29.3 Å². The second-order valence-electron chi connectivity index (χ2n) is 8.60. The number of amides is 1. The van der Waals surface area contributed by atoms with E-state index < -0.39 is 10.0 Å². The first-order valence-electron chi connectivity index (χ1n) is 11.0. The van der Waals surface area contributed by atoms with Gasteiger partial charge in [0.1, 0.15) is 0 Å². The molecule has 2 heterocycles. The minimum atomic E-state index is -3.62. The Morgan fingerprint density at radius 1 is 1.00 bits per heavy atom. The monoisotopic (exact) mass is 420 g/mol. The number of hydrogen-bond acceptors (Lipinski definition) is 4. The first kappa shape index (κ1) is 20.8. The molecule has 1 aliphatic carbocycles. The third-order valence-electron chi connectivity index (χ3n) is 6.78. The van der Waals surface area contributed by atoms with Gasteiger partial charge in [-0.2, -0.15) is 4.31 Å². The Morgan fingerprint density at radius 2 is 1.72 bits per heavy atom. The second kappa shape index (κ2) is 8.74. The Bertz CT molecular complexity index is 842. The summed E-state index contributed by atoms with van der Waals surface area (Å²) in [6.45, 7) is 4.11. The average Bonchev–Trinajstić information content (AvgIpc) is 3.24. The Balaban J connectivity index is 1.58. The van der Waals surface area contributed by atoms with Crippen LogP contribution in [0.2, 0.25) is 0 Å². The van der Waals surface area contributed by atoms with Crippen LogP contribution in [0.3, 0.4) is 0 Å². The van der Waals surface area contributed by atoms with Crippen molar-refractivity contribution in [3.63, 3.8) is 0 Å². The predicted octanol–water partition coefficient (Wildman–Crippen LogP) is 3.20. The summed E-state index contributed by atoms with van der Waals surface area (Å²) in [5.74, 6) is 0.578. The van der Waals surface area contributed by atoms with E-state index in [2.05, 4.69) is 0 Å². The van der Waals surface area contributed by atoms with E-state index >= 15 is 0 Å². The van der Waals surface area contributed by atoms with E-state index in [1.54, 1.807) is 25.1 Å². The van der Waals surface area contributed by atoms with Crippen LogP contribution in [-0.2, 0) is 14.8 Å². The van der Waals surface area contributed by atoms with Gasteiger partial charge in [0.25, 0.3) is 5.91 Å². The number of benzene rings is 1. The van der Waals surface area contributed by atoms with Gasteiger partial charge in [0.15, 0.2) is 0 Å². The zero-order valence-corrected chi connectivity index (χ0v) is 18.1. The Hall–Kier alpha value is -1.44. The molecule has 160 valence electrons. The molecule has 1 aromatic rings. The van der Waals surface area contributed by atoms with E-state index in [0.29, 0.717) is 49.4 Å². The number of ether oxygens (including phenoxy) is 1. The average molecular weight is 421 g/mol. The van der Waals surface area contributed by atoms with E-state index in [-0.39, 0.29) is 10.8 Å². The molecule has 2 aliphatic heterocycles. The smallest absolute Gasteiger partial charge is 0.254 e. The van der Waals surface area contributed by atoms with E-state index in [9.17, 15) is 13.2 Å². The van der Waals surface area contributed by atoms with Gasteiger partial charge in [-0.1, -0.05) is 25.3 Å². The van der Waals surface area contributed by atoms with Crippen molar-refractivity contribution in [2.24, 2.45) is 5.92 Å². The molecule has 1 saturated carbocycles. The molecule has 0 aromatic heterocycles. The molecule has 4 rings (SSSR count). The zero-order chi connectivity index (χ0) is 20.4. The molecule has 6 nitrogen and oxygen atoms in total. The summed E-state index contributed by atoms with van der Waals surface area (Å²) < 4.78 is 33.1. The molecule has 3 aliphatic rings. The van der Waals surface area contributed by atoms with Crippen molar-refractivity contribution in [2.75, 3.05) is 32.8 Å². The second-order valence-corrected chi connectivity index (χ2v) is 10.5. The number of rotatable bonds is 4. The summed E-state index contributed by atoms with van der Waals surface area (Å²) in [6.07, 6.45) is 8.35. The van der Waals surface area contributed by atoms with Crippen molar-refractivity contribution >= 4 is 15.9 Å². The van der Waals surface area contributed by atoms with E-state index in [0.717, 1.165) is 19.4 Å². The van der Waals surface area contributed by atoms with Crippen LogP contribution in [0.5, 0.6) is 0 Å². The van der Waals surface area contributed by atoms with Crippen LogP contribution in [0.15, 0.2) is 23.1 Å². The number of nitrogens with zero attached hydrogens (tertiary/aromatic N) is 2. The van der Waals surface area contributed by atoms with Crippen LogP contribution >= 0.6 is 0 Å². The maximum Gasteiger partial charge on any atom is 0.254 e. The van der Waals surface area contributed by atoms with Crippen LogP contribution in [0.4, 0.5) is 0 Å². The van der Waals surface area contributed by atoms with Crippen molar-refractivity contribution in [1.82, 2.24) is 9.21 Å². The van der Waals surface area contributed by atoms with E-state index in [1.807, 2.05) is 4.90 Å². The largest absolute Gasteiger partial charge is 0.379 e. The first-order chi connectivity index (χ1) is 14.0. The molecule has 2 saturated heterocycles. The Labute approximate surface area is 174 Å². The van der Waals surface area contributed by atoms with Crippen LogP contribution in [0.25, 0.3) is 0 Å². The highest BCUT2D eigenvalue weighted by atomic mass is 32.2. The molecule has 1 amide bonds. The number of sulfonamides is 1. The quantitative estimate of drug-likeness (QED) is 0.750. The van der Waals surface area contributed by atoms with E-state index in [4.69, 9.17) is 4.74 Å². The maximum atomic E-state index is 13.4. The molecule has 7 heteroatoms. The lowest BCUT2D eigenvalue weighted by molar-refractivity contribution is 0.0661. The predicted molar refractivity (Wildman–Crippen MR) is 111 cm³/mol. The highest BCUT2D eigenvalue weighted by Gasteiger charge is 2.36. The van der Waals surface area contributed by atoms with Crippen LogP contribution in [0.1, 0.15) is 60.9 Å². The first-order valence-corrected chi connectivity index (χ1v) is 12.4. The lowest BCUT2D eigenvalue weighted by Crippen LogP contribution is -2.41. The molecule has 0 spiro atoms. The number of likely N-dealkylation sites (tertiary alicyclic amines) is 1. The molecular weight excluding hydrogens is 388 g/mol. The number of morpholine rings is 1. The topological polar surface area (TPSA) is 66.9 Å². The van der Waals surface area contributed by atoms with Crippen LogP contribution in [-0.4, -0.2) is 62.4 Å². The molecule has 3 fully saturated rings. The van der Waals surface area contributed by atoms with Crippen molar-refractivity contribution < 1.29 is 17.9 Å². The molecular formula is C22H32N2O4S. The van der Waals surface area contributed by atoms with Crippen molar-refractivity contribution in [3.8, 4) is 0 Å². The lowest BCUT2D eigenvalue weighted by atomic mass is 9.83. The molecule has 1 atom stereocenters. The van der Waals surface area contributed by atoms with Gasteiger partial charge in [0, 0.05) is 31.2 Å². The Kier molecular flexibility index (Phi) is 6.27. The summed E-state index contributed by atoms with van der Waals surface area (Å²) >= 11 is 0. The fourth-order valence-corrected chi connectivity index (χ4v) is 6.82. The number of aryl methyl sites for hydroxylation is 1. The summed E-state index contributed by atoms with van der Waals surface area (Å²) in [4.78, 5) is 15.6. The zero-order valence-electron chi connectivity index (χ0n) is 17.3. The van der Waals surface area contributed by atoms with Gasteiger partial charge in [-0.3, -0.25) is 4.79 Å². The van der Waals surface area contributed by atoms with Gasteiger partial charge in [-0.15, -0.1) is 0 Å². The fraction of sp³-hybridized carbons (Fsp3) is 0.682. The third kappa shape index (κ3) is 4.23. The standard InChI is InChI=1S/C22H32N2O4S/c1-17-9-10-19(16-21(17)29(26,27)23-12-14-28-15-13-23)22(25)24-11-5-8-20(24)18-6-3-2-4-7-18/h9-10,16,18,20H,2-8,11-15H2,1H3. The molecule has 0 bridgehead atoms. The lowest BCUT2D eigenvalue weighted by Gasteiger charge is -2.34. The van der Waals surface area contributed by atoms with Gasteiger partial charge in [-0.25, -0.2) is 8.42 Å². The van der Waals surface area contributed by atoms with Gasteiger partial charge in [-0.05, 0) is 56.2 Å². The highest BCUT2D eigenvalue weighted by Crippen LogP contribution is 2.35. The molecule has 1 unspecified atom stereocenters. The van der Waals surface area contributed by atoms with Gasteiger partial charge in [0.05, 0.1) is 18.1 Å². The molecule has 1 aromatic carbocycles. The van der Waals surface area contributed by atoms with Gasteiger partial charge >= 0.3 is 0 Å². The third-order valence-corrected chi connectivity index (χ3v) is 8.82. The van der Waals surface area contributed by atoms with Crippen molar-refractivity contribution in [1.29, 1.82) is 0 Å². The van der Waals surface area contributed by atoms with Crippen LogP contribution < -0.4 is 0 Å². The SMILES string of the molecule is Cc1ccc(C(=O)N2CCCC2C2CCCCC2)cc1S(=O)(=O)N1CCOCC1. The molecule has 29 heavy (non-hydrogen) atoms. The summed E-state index contributed by atoms with van der Waals surface area (Å²) in [5.41, 5.74) is 1.17. The van der Waals surface area contributed by atoms with E-state index in [1.165, 1.54) is 36.4 Å². The Morgan fingerprint density at radius 3 is 2.45 bits per heavy atom. The summed E-state index contributed by atoms with van der Waals surface area (Å²) in [6, 6.07) is 5.46. The van der Waals surface area contributed by atoms with Crippen molar-refractivity contribution in [2.45, 2.75) is 62.8 Å². The molecule has 0 N–H and O–H groups in total. The molecule has 0 radical (unpaired) electrons. The van der Waals surface area contributed by atoms with Crippen LogP contribution in [0, 0.1) is 12.8 Å². The minimum absolute atomic E-state index is 0.0171. The van der Waals surface area contributed by atoms with Gasteiger partial charge in [0.2, 0.25) is 10.0 Å². The normalized spacial score (nSPS) is 24.7. The number of carbonyl (C=O) groups is 1. The maximum absolute atomic E-state index is 13.4. The summed E-state index contributed by atoms with van der Waals surface area (Å²) in [7, 11) is -3.62. The fourth-order valence-electron chi connectivity index (χ4n) is 5.16. The number of carbonyl (C=O) groups excluding carboxylic acids is 1. The minimum Gasteiger partial charge on any atom is -0.379 e. The van der Waals surface area contributed by atoms with Gasteiger partial charge < -0.3 is 9.64 Å². The summed E-state index contributed by atoms with van der Waals surface area (Å²) in [5, 5.41) is 0. The highest BCUT2D eigenvalue weighted by molar-refractivity contribution is 7.89. The number of hydrogen-bond donors (Lipinski definition) is 0.